The van der Waals surface area contributed by atoms with E-state index in [-0.39, 0.29) is 0 Å². The average molecular weight is 441 g/mol. The van der Waals surface area contributed by atoms with Crippen molar-refractivity contribution in [3.8, 4) is 5.75 Å². The normalized spacial score (nSPS) is 14.6. The molecule has 0 saturated carbocycles. The van der Waals surface area contributed by atoms with Crippen molar-refractivity contribution in [3.63, 3.8) is 0 Å². The Bertz CT molecular complexity index is 876. The van der Waals surface area contributed by atoms with E-state index in [9.17, 15) is 13.6 Å². The van der Waals surface area contributed by atoms with Gasteiger partial charge in [-0.05, 0) is 41.5 Å². The largest absolute Gasteiger partial charge is 0.494 e. The molecule has 0 bridgehead atoms. The van der Waals surface area contributed by atoms with Crippen LogP contribution in [0.5, 0.6) is 5.75 Å². The number of carbonyl (C=O) groups is 1. The van der Waals surface area contributed by atoms with Crippen molar-refractivity contribution in [2.24, 2.45) is 0 Å². The van der Waals surface area contributed by atoms with Gasteiger partial charge < -0.3 is 9.47 Å². The van der Waals surface area contributed by atoms with Crippen LogP contribution in [0.15, 0.2) is 40.9 Å². The highest BCUT2D eigenvalue weighted by molar-refractivity contribution is 9.10. The molecule has 2 aromatic carbocycles. The van der Waals surface area contributed by atoms with Crippen LogP contribution in [0.3, 0.4) is 0 Å². The SMILES string of the molecule is COC(=O)c1ccc(N(N2Cc3ccc(Br)cc3C2)S(=O)O)c(OC)c1. The van der Waals surface area contributed by atoms with E-state index in [0.29, 0.717) is 30.1 Å². The molecule has 0 radical (unpaired) electrons. The molecule has 0 fully saturated rings. The summed E-state index contributed by atoms with van der Waals surface area (Å²) in [5.41, 5.74) is 2.83. The standard InChI is InChI=1S/C17H17BrN2O5S/c1-24-16-8-11(17(21)25-2)4-6-15(16)20(26(22)23)19-9-12-3-5-14(18)7-13(12)10-19/h3-8H,9-10H2,1-2H3,(H,22,23). The van der Waals surface area contributed by atoms with Gasteiger partial charge in [0.05, 0.1) is 19.8 Å². The van der Waals surface area contributed by atoms with Crippen LogP contribution < -0.4 is 9.15 Å². The molecular weight excluding hydrogens is 424 g/mol. The van der Waals surface area contributed by atoms with Crippen molar-refractivity contribution in [1.29, 1.82) is 0 Å². The monoisotopic (exact) mass is 440 g/mol. The topological polar surface area (TPSA) is 79.3 Å². The molecular formula is C17H17BrN2O5S. The number of rotatable bonds is 5. The maximum Gasteiger partial charge on any atom is 0.337 e. The molecule has 2 aromatic rings. The first-order valence-electron chi connectivity index (χ1n) is 7.64. The Morgan fingerprint density at radius 2 is 1.92 bits per heavy atom. The van der Waals surface area contributed by atoms with Crippen LogP contribution in [0.1, 0.15) is 21.5 Å². The van der Waals surface area contributed by atoms with Gasteiger partial charge in [-0.3, -0.25) is 4.55 Å². The summed E-state index contributed by atoms with van der Waals surface area (Å²) in [6.45, 7) is 0.958. The molecule has 1 N–H and O–H groups in total. The highest BCUT2D eigenvalue weighted by atomic mass is 79.9. The quantitative estimate of drug-likeness (QED) is 0.568. The summed E-state index contributed by atoms with van der Waals surface area (Å²) in [5.74, 6) is -0.211. The zero-order chi connectivity index (χ0) is 18.8. The maximum atomic E-state index is 12.1. The van der Waals surface area contributed by atoms with Crippen LogP contribution in [0.25, 0.3) is 0 Å². The number of halogens is 1. The van der Waals surface area contributed by atoms with Gasteiger partial charge >= 0.3 is 5.97 Å². The Morgan fingerprint density at radius 1 is 1.19 bits per heavy atom. The van der Waals surface area contributed by atoms with Crippen molar-refractivity contribution in [1.82, 2.24) is 5.01 Å². The van der Waals surface area contributed by atoms with E-state index in [1.54, 1.807) is 11.1 Å². The molecule has 1 heterocycles. The van der Waals surface area contributed by atoms with Gasteiger partial charge in [-0.15, -0.1) is 0 Å². The number of hydrogen-bond donors (Lipinski definition) is 1. The summed E-state index contributed by atoms with van der Waals surface area (Å²) < 4.78 is 34.2. The van der Waals surface area contributed by atoms with Gasteiger partial charge in [-0.1, -0.05) is 22.0 Å². The van der Waals surface area contributed by atoms with Crippen LogP contribution in [0.2, 0.25) is 0 Å². The second kappa shape index (κ2) is 7.75. The molecule has 7 nitrogen and oxygen atoms in total. The highest BCUT2D eigenvalue weighted by Crippen LogP contribution is 2.35. The van der Waals surface area contributed by atoms with Gasteiger partial charge in [0, 0.05) is 17.6 Å². The minimum Gasteiger partial charge on any atom is -0.494 e. The van der Waals surface area contributed by atoms with Crippen molar-refractivity contribution < 1.29 is 23.0 Å². The van der Waals surface area contributed by atoms with Crippen LogP contribution >= 0.6 is 15.9 Å². The van der Waals surface area contributed by atoms with Crippen molar-refractivity contribution in [2.45, 2.75) is 13.1 Å². The smallest absolute Gasteiger partial charge is 0.337 e. The van der Waals surface area contributed by atoms with Gasteiger partial charge in [-0.25, -0.2) is 9.00 Å². The van der Waals surface area contributed by atoms with E-state index in [1.165, 1.54) is 30.8 Å². The summed E-state index contributed by atoms with van der Waals surface area (Å²) in [4.78, 5) is 11.7. The molecule has 0 aliphatic carbocycles. The number of benzene rings is 2. The van der Waals surface area contributed by atoms with Crippen LogP contribution in [-0.4, -0.2) is 34.0 Å². The first kappa shape index (κ1) is 18.8. The minimum atomic E-state index is -2.32. The molecule has 26 heavy (non-hydrogen) atoms. The van der Waals surface area contributed by atoms with Gasteiger partial charge in [-0.2, -0.15) is 9.42 Å². The van der Waals surface area contributed by atoms with E-state index < -0.39 is 17.2 Å². The number of anilines is 1. The molecule has 0 saturated heterocycles. The molecule has 9 heteroatoms. The second-order valence-corrected chi connectivity index (χ2v) is 7.34. The number of nitrogens with zero attached hydrogens (tertiary/aromatic N) is 2. The Kier molecular flexibility index (Phi) is 5.61. The Hall–Kier alpha value is -1.94. The predicted molar refractivity (Wildman–Crippen MR) is 101 cm³/mol. The Morgan fingerprint density at radius 3 is 2.58 bits per heavy atom. The molecule has 0 spiro atoms. The van der Waals surface area contributed by atoms with Crippen molar-refractivity contribution in [3.05, 3.63) is 57.6 Å². The van der Waals surface area contributed by atoms with Crippen LogP contribution in [0, 0.1) is 0 Å². The van der Waals surface area contributed by atoms with Gasteiger partial charge in [0.15, 0.2) is 0 Å². The lowest BCUT2D eigenvalue weighted by molar-refractivity contribution is 0.0600. The number of hydrazine groups is 1. The van der Waals surface area contributed by atoms with E-state index in [1.807, 2.05) is 18.2 Å². The average Bonchev–Trinajstić information content (AvgIpc) is 3.03. The fourth-order valence-electron chi connectivity index (χ4n) is 2.89. The molecule has 0 amide bonds. The summed E-state index contributed by atoms with van der Waals surface area (Å²) in [6, 6.07) is 10.5. The molecule has 3 rings (SSSR count). The summed E-state index contributed by atoms with van der Waals surface area (Å²) in [7, 11) is 2.73. The van der Waals surface area contributed by atoms with Gasteiger partial charge in [0.2, 0.25) is 0 Å². The van der Waals surface area contributed by atoms with E-state index in [4.69, 9.17) is 9.47 Å². The van der Waals surface area contributed by atoms with Gasteiger partial charge in [0.1, 0.15) is 11.4 Å². The molecule has 1 aliphatic heterocycles. The van der Waals surface area contributed by atoms with Crippen molar-refractivity contribution in [2.75, 3.05) is 18.6 Å². The number of carbonyl (C=O) groups excluding carboxylic acids is 1. The lowest BCUT2D eigenvalue weighted by Crippen LogP contribution is -2.40. The van der Waals surface area contributed by atoms with Crippen LogP contribution in [0.4, 0.5) is 5.69 Å². The summed E-state index contributed by atoms with van der Waals surface area (Å²) >= 11 is 1.12. The number of esters is 1. The van der Waals surface area contributed by atoms with E-state index in [0.717, 1.165) is 15.6 Å². The number of ether oxygens (including phenoxy) is 2. The fraction of sp³-hybridized carbons (Fsp3) is 0.235. The zero-order valence-corrected chi connectivity index (χ0v) is 16.5. The first-order chi connectivity index (χ1) is 12.4. The lowest BCUT2D eigenvalue weighted by Gasteiger charge is -2.30. The van der Waals surface area contributed by atoms with E-state index >= 15 is 0 Å². The third-order valence-electron chi connectivity index (χ3n) is 4.09. The fourth-order valence-corrected chi connectivity index (χ4v) is 3.93. The Labute approximate surface area is 162 Å². The highest BCUT2D eigenvalue weighted by Gasteiger charge is 2.30. The minimum absolute atomic E-state index is 0.297. The Balaban J connectivity index is 1.97. The molecule has 1 unspecified atom stereocenters. The zero-order valence-electron chi connectivity index (χ0n) is 14.1. The predicted octanol–water partition coefficient (Wildman–Crippen LogP) is 3.12. The second-order valence-electron chi connectivity index (χ2n) is 5.62. The van der Waals surface area contributed by atoms with Crippen molar-refractivity contribution >= 4 is 38.9 Å². The first-order valence-corrected chi connectivity index (χ1v) is 9.50. The number of hydrogen-bond acceptors (Lipinski definition) is 5. The molecule has 1 atom stereocenters. The summed E-state index contributed by atoms with van der Waals surface area (Å²) in [6.07, 6.45) is 0. The molecule has 138 valence electrons. The van der Waals surface area contributed by atoms with Crippen LogP contribution in [-0.2, 0) is 29.1 Å². The van der Waals surface area contributed by atoms with E-state index in [2.05, 4.69) is 15.9 Å². The lowest BCUT2D eigenvalue weighted by atomic mass is 10.1. The molecule has 1 aliphatic rings. The number of methoxy groups -OCH3 is 2. The third kappa shape index (κ3) is 3.61. The number of fused-ring (bicyclic) bond motifs is 1. The summed E-state index contributed by atoms with van der Waals surface area (Å²) in [5, 5.41) is 1.75. The van der Waals surface area contributed by atoms with Gasteiger partial charge in [0.25, 0.3) is 11.3 Å². The molecule has 0 aromatic heterocycles. The third-order valence-corrected chi connectivity index (χ3v) is 5.30. The maximum absolute atomic E-state index is 12.1.